The molecule has 2 rings (SSSR count). The summed E-state index contributed by atoms with van der Waals surface area (Å²) in [5, 5.41) is 11.7. The minimum Gasteiger partial charge on any atom is -0.478 e. The van der Waals surface area contributed by atoms with Gasteiger partial charge in [0.25, 0.3) is 0 Å². The number of hydrogen-bond donors (Lipinski definition) is 2. The fourth-order valence-corrected chi connectivity index (χ4v) is 1.99. The summed E-state index contributed by atoms with van der Waals surface area (Å²) in [6.07, 6.45) is -0.573. The fraction of sp³-hybridized carbons (Fsp3) is 0.125. The molecule has 0 unspecified atom stereocenters. The van der Waals surface area contributed by atoms with Crippen molar-refractivity contribution in [3.05, 3.63) is 70.2 Å². The van der Waals surface area contributed by atoms with Gasteiger partial charge < -0.3 is 15.2 Å². The number of aromatic carboxylic acids is 1. The third-order valence-electron chi connectivity index (χ3n) is 2.91. The molecule has 0 aromatic heterocycles. The first-order valence-corrected chi connectivity index (χ1v) is 6.90. The third-order valence-corrected chi connectivity index (χ3v) is 3.24. The van der Waals surface area contributed by atoms with Crippen LogP contribution in [0, 0.1) is 0 Å². The number of rotatable bonds is 5. The van der Waals surface area contributed by atoms with Crippen molar-refractivity contribution in [3.8, 4) is 0 Å². The molecular formula is C16H14ClNO4. The molecule has 0 radical (unpaired) electrons. The summed E-state index contributed by atoms with van der Waals surface area (Å²) in [4.78, 5) is 22.6. The Morgan fingerprint density at radius 3 is 2.50 bits per heavy atom. The molecule has 0 atom stereocenters. The maximum absolute atomic E-state index is 11.6. The molecule has 2 N–H and O–H groups in total. The van der Waals surface area contributed by atoms with Gasteiger partial charge in [-0.1, -0.05) is 48.0 Å². The molecule has 2 aromatic rings. The first-order valence-electron chi connectivity index (χ1n) is 6.52. The lowest BCUT2D eigenvalue weighted by Gasteiger charge is -2.08. The highest BCUT2D eigenvalue weighted by Gasteiger charge is 2.10. The van der Waals surface area contributed by atoms with E-state index in [4.69, 9.17) is 21.4 Å². The molecule has 0 aliphatic heterocycles. The van der Waals surface area contributed by atoms with Gasteiger partial charge in [-0.25, -0.2) is 9.59 Å². The second kappa shape index (κ2) is 7.47. The number of amides is 1. The highest BCUT2D eigenvalue weighted by atomic mass is 35.5. The molecule has 0 spiro atoms. The van der Waals surface area contributed by atoms with Crippen LogP contribution in [0.15, 0.2) is 48.5 Å². The molecule has 0 heterocycles. The maximum atomic E-state index is 11.6. The van der Waals surface area contributed by atoms with Crippen LogP contribution in [0.1, 0.15) is 21.5 Å². The van der Waals surface area contributed by atoms with Gasteiger partial charge in [0.05, 0.1) is 10.6 Å². The molecule has 22 heavy (non-hydrogen) atoms. The Bertz CT molecular complexity index is 673. The topological polar surface area (TPSA) is 75.6 Å². The SMILES string of the molecule is O=C(NCc1ccc(Cl)c(C(=O)O)c1)OCc1ccccc1. The smallest absolute Gasteiger partial charge is 0.407 e. The zero-order chi connectivity index (χ0) is 15.9. The van der Waals surface area contributed by atoms with Crippen molar-refractivity contribution in [2.75, 3.05) is 0 Å². The van der Waals surface area contributed by atoms with Crippen molar-refractivity contribution in [1.82, 2.24) is 5.32 Å². The second-order valence-electron chi connectivity index (χ2n) is 4.53. The average Bonchev–Trinajstić information content (AvgIpc) is 2.53. The summed E-state index contributed by atoms with van der Waals surface area (Å²) < 4.78 is 5.06. The predicted octanol–water partition coefficient (Wildman–Crippen LogP) is 3.46. The zero-order valence-corrected chi connectivity index (χ0v) is 12.3. The lowest BCUT2D eigenvalue weighted by atomic mass is 10.1. The van der Waals surface area contributed by atoms with Crippen LogP contribution in [0.5, 0.6) is 0 Å². The standard InChI is InChI=1S/C16H14ClNO4/c17-14-7-6-12(8-13(14)15(19)20)9-18-16(21)22-10-11-4-2-1-3-5-11/h1-8H,9-10H2,(H,18,21)(H,19,20). The molecule has 0 aliphatic carbocycles. The molecule has 0 saturated heterocycles. The van der Waals surface area contributed by atoms with E-state index in [1.54, 1.807) is 6.07 Å². The largest absolute Gasteiger partial charge is 0.478 e. The van der Waals surface area contributed by atoms with Gasteiger partial charge in [-0.3, -0.25) is 0 Å². The van der Waals surface area contributed by atoms with Gasteiger partial charge in [-0.05, 0) is 23.3 Å². The molecule has 2 aromatic carbocycles. The van der Waals surface area contributed by atoms with Crippen LogP contribution in [0.3, 0.4) is 0 Å². The molecular weight excluding hydrogens is 306 g/mol. The Morgan fingerprint density at radius 2 is 1.82 bits per heavy atom. The van der Waals surface area contributed by atoms with E-state index in [0.717, 1.165) is 5.56 Å². The van der Waals surface area contributed by atoms with Crippen LogP contribution in [-0.4, -0.2) is 17.2 Å². The summed E-state index contributed by atoms with van der Waals surface area (Å²) in [6.45, 7) is 0.332. The summed E-state index contributed by atoms with van der Waals surface area (Å²) in [6, 6.07) is 13.8. The Balaban J connectivity index is 1.86. The Hall–Kier alpha value is -2.53. The molecule has 5 nitrogen and oxygen atoms in total. The van der Waals surface area contributed by atoms with Crippen LogP contribution in [0.4, 0.5) is 4.79 Å². The number of nitrogens with one attached hydrogen (secondary N) is 1. The normalized spacial score (nSPS) is 10.0. The number of ether oxygens (including phenoxy) is 1. The van der Waals surface area contributed by atoms with E-state index in [-0.39, 0.29) is 23.7 Å². The Labute approximate surface area is 132 Å². The van der Waals surface area contributed by atoms with Crippen molar-refractivity contribution >= 4 is 23.7 Å². The predicted molar refractivity (Wildman–Crippen MR) is 81.9 cm³/mol. The summed E-state index contributed by atoms with van der Waals surface area (Å²) in [5.41, 5.74) is 1.51. The number of carbonyl (C=O) groups excluding carboxylic acids is 1. The Morgan fingerprint density at radius 1 is 1.09 bits per heavy atom. The third kappa shape index (κ3) is 4.49. The first-order chi connectivity index (χ1) is 10.6. The quantitative estimate of drug-likeness (QED) is 0.885. The van der Waals surface area contributed by atoms with Crippen molar-refractivity contribution in [1.29, 1.82) is 0 Å². The first kappa shape index (κ1) is 15.9. The van der Waals surface area contributed by atoms with Gasteiger partial charge in [0, 0.05) is 6.54 Å². The van der Waals surface area contributed by atoms with E-state index in [2.05, 4.69) is 5.32 Å². The van der Waals surface area contributed by atoms with Crippen molar-refractivity contribution < 1.29 is 19.4 Å². The van der Waals surface area contributed by atoms with Gasteiger partial charge in [0.15, 0.2) is 0 Å². The van der Waals surface area contributed by atoms with Crippen LogP contribution >= 0.6 is 11.6 Å². The van der Waals surface area contributed by atoms with Gasteiger partial charge in [-0.2, -0.15) is 0 Å². The number of halogens is 1. The molecule has 6 heteroatoms. The Kier molecular flexibility index (Phi) is 5.38. The molecule has 0 bridgehead atoms. The van der Waals surface area contributed by atoms with Gasteiger partial charge >= 0.3 is 12.1 Å². The monoisotopic (exact) mass is 319 g/mol. The number of carbonyl (C=O) groups is 2. The number of benzene rings is 2. The summed E-state index contributed by atoms with van der Waals surface area (Å²) in [5.74, 6) is -1.11. The molecule has 0 saturated carbocycles. The van der Waals surface area contributed by atoms with Crippen LogP contribution in [0.25, 0.3) is 0 Å². The lowest BCUT2D eigenvalue weighted by Crippen LogP contribution is -2.23. The van der Waals surface area contributed by atoms with E-state index < -0.39 is 12.1 Å². The van der Waals surface area contributed by atoms with Crippen molar-refractivity contribution in [2.45, 2.75) is 13.2 Å². The number of hydrogen-bond acceptors (Lipinski definition) is 3. The van der Waals surface area contributed by atoms with Gasteiger partial charge in [-0.15, -0.1) is 0 Å². The highest BCUT2D eigenvalue weighted by Crippen LogP contribution is 2.17. The number of carboxylic acids is 1. The maximum Gasteiger partial charge on any atom is 0.407 e. The van der Waals surface area contributed by atoms with E-state index in [1.807, 2.05) is 30.3 Å². The zero-order valence-electron chi connectivity index (χ0n) is 11.6. The number of alkyl carbamates (subject to hydrolysis) is 1. The minimum atomic E-state index is -1.11. The highest BCUT2D eigenvalue weighted by molar-refractivity contribution is 6.33. The van der Waals surface area contributed by atoms with Crippen LogP contribution in [-0.2, 0) is 17.9 Å². The van der Waals surface area contributed by atoms with E-state index in [9.17, 15) is 9.59 Å². The van der Waals surface area contributed by atoms with Crippen molar-refractivity contribution in [3.63, 3.8) is 0 Å². The molecule has 1 amide bonds. The summed E-state index contributed by atoms with van der Waals surface area (Å²) >= 11 is 5.78. The van der Waals surface area contributed by atoms with Crippen molar-refractivity contribution in [2.24, 2.45) is 0 Å². The minimum absolute atomic E-state index is 0.00128. The lowest BCUT2D eigenvalue weighted by molar-refractivity contribution is 0.0697. The molecule has 0 fully saturated rings. The van der Waals surface area contributed by atoms with E-state index in [0.29, 0.717) is 5.56 Å². The average molecular weight is 320 g/mol. The molecule has 114 valence electrons. The van der Waals surface area contributed by atoms with Crippen LogP contribution in [0.2, 0.25) is 5.02 Å². The number of carboxylic acid groups (broad SMARTS) is 1. The fourth-order valence-electron chi connectivity index (χ4n) is 1.79. The second-order valence-corrected chi connectivity index (χ2v) is 4.94. The summed E-state index contributed by atoms with van der Waals surface area (Å²) in [7, 11) is 0. The van der Waals surface area contributed by atoms with E-state index in [1.165, 1.54) is 12.1 Å². The van der Waals surface area contributed by atoms with Gasteiger partial charge in [0.2, 0.25) is 0 Å². The van der Waals surface area contributed by atoms with E-state index >= 15 is 0 Å². The van der Waals surface area contributed by atoms with Crippen LogP contribution < -0.4 is 5.32 Å². The van der Waals surface area contributed by atoms with Gasteiger partial charge in [0.1, 0.15) is 6.61 Å². The molecule has 0 aliphatic rings.